The van der Waals surface area contributed by atoms with Gasteiger partial charge in [0, 0.05) is 34.6 Å². The SMILES string of the molecule is Cc1ccc2c(COC(=O)CCn3c(C)csc3=O)cc(=O)oc2c1. The van der Waals surface area contributed by atoms with Crippen LogP contribution >= 0.6 is 11.3 Å². The van der Waals surface area contributed by atoms with Gasteiger partial charge >= 0.3 is 16.5 Å². The molecule has 25 heavy (non-hydrogen) atoms. The first-order chi connectivity index (χ1) is 11.9. The van der Waals surface area contributed by atoms with E-state index in [1.54, 1.807) is 16.0 Å². The third-order valence-corrected chi connectivity index (χ3v) is 4.77. The molecule has 0 radical (unpaired) electrons. The number of thiazole rings is 1. The van der Waals surface area contributed by atoms with E-state index in [-0.39, 0.29) is 24.4 Å². The molecule has 2 heterocycles. The van der Waals surface area contributed by atoms with E-state index in [9.17, 15) is 14.4 Å². The average Bonchev–Trinajstić information content (AvgIpc) is 2.88. The monoisotopic (exact) mass is 359 g/mol. The van der Waals surface area contributed by atoms with Crippen LogP contribution in [0.15, 0.2) is 43.7 Å². The van der Waals surface area contributed by atoms with Gasteiger partial charge in [0.15, 0.2) is 0 Å². The number of esters is 1. The Kier molecular flexibility index (Phi) is 4.85. The van der Waals surface area contributed by atoms with Gasteiger partial charge in [-0.3, -0.25) is 9.59 Å². The first-order valence-corrected chi connectivity index (χ1v) is 8.66. The second-order valence-corrected chi connectivity index (χ2v) is 6.62. The zero-order chi connectivity index (χ0) is 18.0. The molecule has 3 aromatic rings. The summed E-state index contributed by atoms with van der Waals surface area (Å²) in [7, 11) is 0. The fourth-order valence-electron chi connectivity index (χ4n) is 2.56. The van der Waals surface area contributed by atoms with E-state index < -0.39 is 11.6 Å². The van der Waals surface area contributed by atoms with Crippen LogP contribution in [0.5, 0.6) is 0 Å². The number of rotatable bonds is 5. The Morgan fingerprint density at radius 1 is 1.24 bits per heavy atom. The summed E-state index contributed by atoms with van der Waals surface area (Å²) in [6, 6.07) is 6.84. The second kappa shape index (κ2) is 7.06. The lowest BCUT2D eigenvalue weighted by atomic mass is 10.1. The number of hydrogen-bond acceptors (Lipinski definition) is 6. The molecule has 0 saturated heterocycles. The van der Waals surface area contributed by atoms with E-state index in [4.69, 9.17) is 9.15 Å². The first-order valence-electron chi connectivity index (χ1n) is 7.78. The quantitative estimate of drug-likeness (QED) is 0.517. The molecular formula is C18H17NO5S. The summed E-state index contributed by atoms with van der Waals surface area (Å²) in [5.41, 5.74) is 2.39. The number of hydrogen-bond donors (Lipinski definition) is 0. The number of carbonyl (C=O) groups is 1. The number of ether oxygens (including phenoxy) is 1. The van der Waals surface area contributed by atoms with E-state index in [1.807, 2.05) is 26.0 Å². The molecule has 0 spiro atoms. The van der Waals surface area contributed by atoms with Crippen molar-refractivity contribution in [1.29, 1.82) is 0 Å². The van der Waals surface area contributed by atoms with Gasteiger partial charge < -0.3 is 13.7 Å². The Morgan fingerprint density at radius 3 is 2.76 bits per heavy atom. The maximum absolute atomic E-state index is 12.0. The highest BCUT2D eigenvalue weighted by Gasteiger charge is 2.11. The predicted octanol–water partition coefficient (Wildman–Crippen LogP) is 2.77. The molecule has 0 aliphatic rings. The fraction of sp³-hybridized carbons (Fsp3) is 0.278. The average molecular weight is 359 g/mol. The van der Waals surface area contributed by atoms with Crippen LogP contribution in [0.2, 0.25) is 0 Å². The third kappa shape index (κ3) is 3.88. The van der Waals surface area contributed by atoms with Gasteiger partial charge in [0.2, 0.25) is 0 Å². The molecule has 3 rings (SSSR count). The summed E-state index contributed by atoms with van der Waals surface area (Å²) in [6.07, 6.45) is 0.0932. The van der Waals surface area contributed by atoms with E-state index in [0.29, 0.717) is 11.1 Å². The van der Waals surface area contributed by atoms with Gasteiger partial charge in [0.1, 0.15) is 12.2 Å². The molecule has 0 atom stereocenters. The molecule has 6 nitrogen and oxygen atoms in total. The number of benzene rings is 1. The van der Waals surface area contributed by atoms with Gasteiger partial charge in [-0.15, -0.1) is 0 Å². The Labute approximate surface area is 147 Å². The maximum atomic E-state index is 12.0. The highest BCUT2D eigenvalue weighted by molar-refractivity contribution is 7.07. The number of carbonyl (C=O) groups excluding carboxylic acids is 1. The van der Waals surface area contributed by atoms with Gasteiger partial charge in [-0.2, -0.15) is 0 Å². The lowest BCUT2D eigenvalue weighted by Crippen LogP contribution is -2.18. The summed E-state index contributed by atoms with van der Waals surface area (Å²) in [5.74, 6) is -0.425. The molecule has 0 N–H and O–H groups in total. The number of nitrogens with zero attached hydrogens (tertiary/aromatic N) is 1. The molecule has 0 aliphatic heterocycles. The van der Waals surface area contributed by atoms with Crippen LogP contribution < -0.4 is 10.5 Å². The molecular weight excluding hydrogens is 342 g/mol. The maximum Gasteiger partial charge on any atom is 0.336 e. The summed E-state index contributed by atoms with van der Waals surface area (Å²) < 4.78 is 12.0. The summed E-state index contributed by atoms with van der Waals surface area (Å²) in [6.45, 7) is 3.99. The zero-order valence-electron chi connectivity index (χ0n) is 13.9. The highest BCUT2D eigenvalue weighted by Crippen LogP contribution is 2.19. The molecule has 2 aromatic heterocycles. The first kappa shape index (κ1) is 17.2. The topological polar surface area (TPSA) is 78.5 Å². The molecule has 1 aromatic carbocycles. The van der Waals surface area contributed by atoms with E-state index in [1.165, 1.54) is 6.07 Å². The van der Waals surface area contributed by atoms with Gasteiger partial charge in [-0.05, 0) is 25.5 Å². The Balaban J connectivity index is 1.69. The van der Waals surface area contributed by atoms with Crippen molar-refractivity contribution < 1.29 is 13.9 Å². The molecule has 0 fully saturated rings. The molecule has 0 aliphatic carbocycles. The second-order valence-electron chi connectivity index (χ2n) is 5.80. The van der Waals surface area contributed by atoms with Crippen LogP contribution in [0, 0.1) is 13.8 Å². The van der Waals surface area contributed by atoms with Crippen molar-refractivity contribution in [3.05, 3.63) is 66.6 Å². The van der Waals surface area contributed by atoms with E-state index in [2.05, 4.69) is 0 Å². The van der Waals surface area contributed by atoms with Crippen LogP contribution in [0.3, 0.4) is 0 Å². The molecule has 7 heteroatoms. The Hall–Kier alpha value is -2.67. The van der Waals surface area contributed by atoms with Crippen molar-refractivity contribution in [2.24, 2.45) is 0 Å². The van der Waals surface area contributed by atoms with Crippen molar-refractivity contribution >= 4 is 28.3 Å². The zero-order valence-corrected chi connectivity index (χ0v) is 14.7. The smallest absolute Gasteiger partial charge is 0.336 e. The minimum atomic E-state index is -0.482. The van der Waals surface area contributed by atoms with Gasteiger partial charge in [0.25, 0.3) is 0 Å². The Bertz CT molecular complexity index is 1040. The van der Waals surface area contributed by atoms with Crippen molar-refractivity contribution in [2.45, 2.75) is 33.4 Å². The van der Waals surface area contributed by atoms with Crippen molar-refractivity contribution in [3.8, 4) is 0 Å². The molecule has 130 valence electrons. The normalized spacial score (nSPS) is 11.0. The number of aryl methyl sites for hydroxylation is 2. The van der Waals surface area contributed by atoms with Crippen LogP contribution in [-0.4, -0.2) is 10.5 Å². The molecule has 0 unspecified atom stereocenters. The van der Waals surface area contributed by atoms with Gasteiger partial charge in [-0.1, -0.05) is 23.5 Å². The minimum Gasteiger partial charge on any atom is -0.461 e. The van der Waals surface area contributed by atoms with Crippen LogP contribution in [0.25, 0.3) is 11.0 Å². The standard InChI is InChI=1S/C18H17NO5S/c1-11-3-4-14-13(8-17(21)24-15(14)7-11)9-23-16(20)5-6-19-12(2)10-25-18(19)22/h3-4,7-8,10H,5-6,9H2,1-2H3. The molecule has 0 bridgehead atoms. The number of fused-ring (bicyclic) bond motifs is 1. The minimum absolute atomic E-state index is 0.0124. The van der Waals surface area contributed by atoms with Gasteiger partial charge in [-0.25, -0.2) is 4.79 Å². The van der Waals surface area contributed by atoms with E-state index >= 15 is 0 Å². The largest absolute Gasteiger partial charge is 0.461 e. The van der Waals surface area contributed by atoms with Crippen LogP contribution in [-0.2, 0) is 22.7 Å². The number of aromatic nitrogens is 1. The molecule has 0 amide bonds. The van der Waals surface area contributed by atoms with Crippen LogP contribution in [0.4, 0.5) is 0 Å². The van der Waals surface area contributed by atoms with Gasteiger partial charge in [0.05, 0.1) is 6.42 Å². The van der Waals surface area contributed by atoms with Crippen LogP contribution in [0.1, 0.15) is 23.2 Å². The summed E-state index contributed by atoms with van der Waals surface area (Å²) >= 11 is 1.11. The lowest BCUT2D eigenvalue weighted by Gasteiger charge is -2.08. The predicted molar refractivity (Wildman–Crippen MR) is 95.0 cm³/mol. The lowest BCUT2D eigenvalue weighted by molar-refractivity contribution is -0.145. The third-order valence-electron chi connectivity index (χ3n) is 3.89. The van der Waals surface area contributed by atoms with E-state index in [0.717, 1.165) is 28.0 Å². The van der Waals surface area contributed by atoms with Crippen molar-refractivity contribution in [2.75, 3.05) is 0 Å². The summed E-state index contributed by atoms with van der Waals surface area (Å²) in [4.78, 5) is 35.2. The fourth-order valence-corrected chi connectivity index (χ4v) is 3.33. The van der Waals surface area contributed by atoms with Crippen molar-refractivity contribution in [1.82, 2.24) is 4.57 Å². The summed E-state index contributed by atoms with van der Waals surface area (Å²) in [5, 5.41) is 2.49. The molecule has 0 saturated carbocycles. The highest BCUT2D eigenvalue weighted by atomic mass is 32.1. The Morgan fingerprint density at radius 2 is 2.04 bits per heavy atom. The van der Waals surface area contributed by atoms with Crippen molar-refractivity contribution in [3.63, 3.8) is 0 Å².